The SMILES string of the molecule is CCN1CC(C(=O)O)C(=O)N(c2ccc(F)cc2)C1=O. The number of halogens is 1. The molecular formula is C13H13FN2O4. The van der Waals surface area contributed by atoms with Crippen LogP contribution in [0.1, 0.15) is 6.92 Å². The van der Waals surface area contributed by atoms with Gasteiger partial charge in [0, 0.05) is 13.1 Å². The van der Waals surface area contributed by atoms with Crippen LogP contribution < -0.4 is 4.90 Å². The standard InChI is InChI=1S/C13H13FN2O4/c1-2-15-7-10(12(18)19)11(17)16(13(15)20)9-5-3-8(14)4-6-9/h3-6,10H,2,7H2,1H3,(H,18,19). The Labute approximate surface area is 114 Å². The van der Waals surface area contributed by atoms with Gasteiger partial charge >= 0.3 is 12.0 Å². The summed E-state index contributed by atoms with van der Waals surface area (Å²) < 4.78 is 12.9. The normalized spacial score (nSPS) is 19.4. The van der Waals surface area contributed by atoms with Crippen LogP contribution in [0.25, 0.3) is 0 Å². The maximum atomic E-state index is 12.9. The number of imide groups is 1. The van der Waals surface area contributed by atoms with E-state index < -0.39 is 29.6 Å². The minimum absolute atomic E-state index is 0.152. The third-order valence-electron chi connectivity index (χ3n) is 3.15. The molecule has 6 nitrogen and oxygen atoms in total. The van der Waals surface area contributed by atoms with Crippen LogP contribution in [0.5, 0.6) is 0 Å². The van der Waals surface area contributed by atoms with Crippen LogP contribution in [-0.4, -0.2) is 41.0 Å². The summed E-state index contributed by atoms with van der Waals surface area (Å²) in [6.07, 6.45) is 0. The van der Waals surface area contributed by atoms with Gasteiger partial charge in [0.05, 0.1) is 5.69 Å². The summed E-state index contributed by atoms with van der Waals surface area (Å²) in [5.74, 6) is -3.91. The molecule has 1 fully saturated rings. The van der Waals surface area contributed by atoms with Gasteiger partial charge in [-0.05, 0) is 31.2 Å². The van der Waals surface area contributed by atoms with E-state index in [2.05, 4.69) is 0 Å². The van der Waals surface area contributed by atoms with Crippen molar-refractivity contribution in [3.8, 4) is 0 Å². The first-order valence-electron chi connectivity index (χ1n) is 6.07. The quantitative estimate of drug-likeness (QED) is 0.847. The number of urea groups is 1. The van der Waals surface area contributed by atoms with Gasteiger partial charge in [0.15, 0.2) is 5.92 Å². The Kier molecular flexibility index (Phi) is 3.69. The van der Waals surface area contributed by atoms with E-state index in [1.807, 2.05) is 0 Å². The number of rotatable bonds is 3. The first-order chi connectivity index (χ1) is 9.45. The number of carbonyl (C=O) groups is 3. The van der Waals surface area contributed by atoms with Crippen molar-refractivity contribution in [2.24, 2.45) is 5.92 Å². The van der Waals surface area contributed by atoms with Crippen molar-refractivity contribution in [2.45, 2.75) is 6.92 Å². The molecule has 20 heavy (non-hydrogen) atoms. The van der Waals surface area contributed by atoms with Gasteiger partial charge in [-0.2, -0.15) is 0 Å². The van der Waals surface area contributed by atoms with E-state index in [4.69, 9.17) is 5.11 Å². The van der Waals surface area contributed by atoms with Gasteiger partial charge in [-0.1, -0.05) is 0 Å². The Morgan fingerprint density at radius 1 is 1.35 bits per heavy atom. The highest BCUT2D eigenvalue weighted by molar-refractivity contribution is 6.21. The van der Waals surface area contributed by atoms with Crippen LogP contribution in [-0.2, 0) is 9.59 Å². The summed E-state index contributed by atoms with van der Waals surface area (Å²) >= 11 is 0. The third kappa shape index (κ3) is 2.34. The Bertz CT molecular complexity index is 558. The van der Waals surface area contributed by atoms with Crippen molar-refractivity contribution >= 4 is 23.6 Å². The molecule has 0 radical (unpaired) electrons. The van der Waals surface area contributed by atoms with Crippen LogP contribution in [0.3, 0.4) is 0 Å². The Balaban J connectivity index is 2.41. The van der Waals surface area contributed by atoms with E-state index in [0.717, 1.165) is 17.0 Å². The molecule has 1 atom stereocenters. The molecule has 0 spiro atoms. The predicted molar refractivity (Wildman–Crippen MR) is 67.7 cm³/mol. The fourth-order valence-corrected chi connectivity index (χ4v) is 2.04. The summed E-state index contributed by atoms with van der Waals surface area (Å²) in [6.45, 7) is 1.82. The lowest BCUT2D eigenvalue weighted by Crippen LogP contribution is -2.58. The van der Waals surface area contributed by atoms with Crippen molar-refractivity contribution in [1.82, 2.24) is 4.90 Å². The van der Waals surface area contributed by atoms with E-state index in [-0.39, 0.29) is 18.8 Å². The summed E-state index contributed by atoms with van der Waals surface area (Å²) in [6, 6.07) is 4.15. The molecule has 1 aliphatic rings. The molecule has 106 valence electrons. The number of anilines is 1. The van der Waals surface area contributed by atoms with Crippen LogP contribution in [0.15, 0.2) is 24.3 Å². The van der Waals surface area contributed by atoms with Gasteiger partial charge in [0.2, 0.25) is 0 Å². The first-order valence-corrected chi connectivity index (χ1v) is 6.07. The van der Waals surface area contributed by atoms with Gasteiger partial charge in [0.25, 0.3) is 5.91 Å². The summed E-state index contributed by atoms with van der Waals surface area (Å²) in [5, 5.41) is 9.07. The van der Waals surface area contributed by atoms with Gasteiger partial charge in [-0.25, -0.2) is 14.1 Å². The van der Waals surface area contributed by atoms with Crippen molar-refractivity contribution < 1.29 is 23.9 Å². The first kappa shape index (κ1) is 14.0. The number of carbonyl (C=O) groups excluding carboxylic acids is 2. The molecule has 2 rings (SSSR count). The molecule has 1 aromatic rings. The number of nitrogens with zero attached hydrogens (tertiary/aromatic N) is 2. The number of carboxylic acid groups (broad SMARTS) is 1. The molecular weight excluding hydrogens is 267 g/mol. The highest BCUT2D eigenvalue weighted by Gasteiger charge is 2.43. The number of carboxylic acids is 1. The zero-order chi connectivity index (χ0) is 14.9. The van der Waals surface area contributed by atoms with Crippen LogP contribution >= 0.6 is 0 Å². The molecule has 1 heterocycles. The smallest absolute Gasteiger partial charge is 0.331 e. The Hall–Kier alpha value is -2.44. The molecule has 0 saturated carbocycles. The van der Waals surface area contributed by atoms with Gasteiger partial charge in [-0.15, -0.1) is 0 Å². The minimum atomic E-state index is -1.31. The van der Waals surface area contributed by atoms with Gasteiger partial charge < -0.3 is 10.0 Å². The predicted octanol–water partition coefficient (Wildman–Crippen LogP) is 1.31. The van der Waals surface area contributed by atoms with Gasteiger partial charge in [0.1, 0.15) is 5.82 Å². The van der Waals surface area contributed by atoms with Crippen LogP contribution in [0.2, 0.25) is 0 Å². The van der Waals surface area contributed by atoms with Crippen molar-refractivity contribution in [1.29, 1.82) is 0 Å². The summed E-state index contributed by atoms with van der Waals surface area (Å²) in [5.41, 5.74) is 0.158. The number of aliphatic carboxylic acids is 1. The highest BCUT2D eigenvalue weighted by Crippen LogP contribution is 2.24. The number of amides is 3. The fourth-order valence-electron chi connectivity index (χ4n) is 2.04. The third-order valence-corrected chi connectivity index (χ3v) is 3.15. The molecule has 1 N–H and O–H groups in total. The molecule has 0 bridgehead atoms. The maximum Gasteiger partial charge on any atom is 0.331 e. The van der Waals surface area contributed by atoms with Crippen molar-refractivity contribution in [3.05, 3.63) is 30.1 Å². The van der Waals surface area contributed by atoms with E-state index in [0.29, 0.717) is 0 Å². The summed E-state index contributed by atoms with van der Waals surface area (Å²) in [4.78, 5) is 37.5. The van der Waals surface area contributed by atoms with E-state index in [1.54, 1.807) is 6.92 Å². The van der Waals surface area contributed by atoms with E-state index >= 15 is 0 Å². The zero-order valence-corrected chi connectivity index (χ0v) is 10.7. The average Bonchev–Trinajstić information content (AvgIpc) is 2.41. The Morgan fingerprint density at radius 2 is 1.95 bits per heavy atom. The number of hydrogen-bond donors (Lipinski definition) is 1. The molecule has 0 aromatic heterocycles. The lowest BCUT2D eigenvalue weighted by molar-refractivity contribution is -0.147. The largest absolute Gasteiger partial charge is 0.481 e. The molecule has 1 saturated heterocycles. The second-order valence-corrected chi connectivity index (χ2v) is 4.36. The second kappa shape index (κ2) is 5.28. The van der Waals surface area contributed by atoms with Gasteiger partial charge in [-0.3, -0.25) is 9.59 Å². The number of benzene rings is 1. The van der Waals surface area contributed by atoms with Crippen LogP contribution in [0.4, 0.5) is 14.9 Å². The number of hydrogen-bond acceptors (Lipinski definition) is 3. The second-order valence-electron chi connectivity index (χ2n) is 4.36. The topological polar surface area (TPSA) is 77.9 Å². The highest BCUT2D eigenvalue weighted by atomic mass is 19.1. The van der Waals surface area contributed by atoms with E-state index in [9.17, 15) is 18.8 Å². The lowest BCUT2D eigenvalue weighted by Gasteiger charge is -2.36. The van der Waals surface area contributed by atoms with Crippen molar-refractivity contribution in [3.63, 3.8) is 0 Å². The maximum absolute atomic E-state index is 12.9. The molecule has 0 aliphatic carbocycles. The van der Waals surface area contributed by atoms with Crippen LogP contribution in [0, 0.1) is 11.7 Å². The van der Waals surface area contributed by atoms with E-state index in [1.165, 1.54) is 17.0 Å². The molecule has 1 aromatic carbocycles. The molecule has 3 amide bonds. The summed E-state index contributed by atoms with van der Waals surface area (Å²) in [7, 11) is 0. The monoisotopic (exact) mass is 280 g/mol. The lowest BCUT2D eigenvalue weighted by atomic mass is 10.0. The average molecular weight is 280 g/mol. The fraction of sp³-hybridized carbons (Fsp3) is 0.308. The van der Waals surface area contributed by atoms with Crippen molar-refractivity contribution in [2.75, 3.05) is 18.0 Å². The zero-order valence-electron chi connectivity index (χ0n) is 10.7. The molecule has 1 aliphatic heterocycles. The minimum Gasteiger partial charge on any atom is -0.481 e. The molecule has 7 heteroatoms. The Morgan fingerprint density at radius 3 is 2.45 bits per heavy atom. The molecule has 1 unspecified atom stereocenters.